The van der Waals surface area contributed by atoms with Gasteiger partial charge in [-0.15, -0.1) is 0 Å². The summed E-state index contributed by atoms with van der Waals surface area (Å²) in [6.07, 6.45) is 13.4. The zero-order valence-corrected chi connectivity index (χ0v) is 39.1. The monoisotopic (exact) mass is 874 g/mol. The number of amides is 4. The van der Waals surface area contributed by atoms with Crippen molar-refractivity contribution >= 4 is 44.6 Å². The first-order valence-corrected chi connectivity index (χ1v) is 22.7. The summed E-state index contributed by atoms with van der Waals surface area (Å²) in [5.41, 5.74) is 4.95. The van der Waals surface area contributed by atoms with Crippen LogP contribution >= 0.6 is 0 Å². The first-order chi connectivity index (χ1) is 27.8. The van der Waals surface area contributed by atoms with Crippen LogP contribution in [0.5, 0.6) is 5.75 Å². The molecule has 0 spiro atoms. The Morgan fingerprint density at radius 3 is 2.15 bits per heavy atom. The fourth-order valence-electron chi connectivity index (χ4n) is 5.77. The number of hydrogen-bond acceptors (Lipinski definition) is 9. The van der Waals surface area contributed by atoms with Crippen LogP contribution < -0.4 is 26.1 Å². The van der Waals surface area contributed by atoms with Crippen molar-refractivity contribution in [3.8, 4) is 5.75 Å². The van der Waals surface area contributed by atoms with Crippen LogP contribution in [0.2, 0.25) is 0 Å². The van der Waals surface area contributed by atoms with Gasteiger partial charge in [-0.3, -0.25) is 23.9 Å². The van der Waals surface area contributed by atoms with E-state index in [9.17, 15) is 32.4 Å². The largest absolute Gasteiger partial charge is 0.494 e. The zero-order chi connectivity index (χ0) is 45.8. The number of ether oxygens (including phenoxy) is 2. The van der Waals surface area contributed by atoms with E-state index in [1.54, 1.807) is 23.2 Å². The SMILES string of the molecule is C.C/C=C\CC[C@H](C)C[C@@H](CC)CC(=O)N1CCC[C@H]1C(N)=O.CC.CC.CC(=O)NS(=O)(=O)C1CC1.CCOc1ccc2c(=O)[nH]ccc2c1.CNC(=O)OC(C)(C)C.[HH].[HH].[HH]. The maximum absolute atomic E-state index is 12.5. The van der Waals surface area contributed by atoms with Gasteiger partial charge in [-0.25, -0.2) is 13.2 Å². The van der Waals surface area contributed by atoms with Gasteiger partial charge < -0.3 is 30.4 Å². The van der Waals surface area contributed by atoms with E-state index in [1.165, 1.54) is 20.4 Å². The summed E-state index contributed by atoms with van der Waals surface area (Å²) in [6.45, 7) is 24.4. The molecule has 2 heterocycles. The van der Waals surface area contributed by atoms with Crippen LogP contribution in [0.1, 0.15) is 153 Å². The molecule has 0 unspecified atom stereocenters. The second kappa shape index (κ2) is 32.4. The number of pyridine rings is 1. The minimum Gasteiger partial charge on any atom is -0.494 e. The number of nitrogens with zero attached hydrogens (tertiary/aromatic N) is 1. The van der Waals surface area contributed by atoms with Gasteiger partial charge in [0.1, 0.15) is 17.4 Å². The number of nitrogens with one attached hydrogen (secondary N) is 3. The third-order valence-electron chi connectivity index (χ3n) is 8.65. The van der Waals surface area contributed by atoms with Crippen LogP contribution in [0.4, 0.5) is 4.79 Å². The highest BCUT2D eigenvalue weighted by atomic mass is 32.2. The molecule has 3 atom stereocenters. The fourth-order valence-corrected chi connectivity index (χ4v) is 7.10. The quantitative estimate of drug-likeness (QED) is 0.141. The molecule has 1 saturated heterocycles. The van der Waals surface area contributed by atoms with Crippen LogP contribution in [0.3, 0.4) is 0 Å². The van der Waals surface area contributed by atoms with Crippen molar-refractivity contribution in [3.05, 3.63) is 53.0 Å². The Morgan fingerprint density at radius 1 is 1.07 bits per heavy atom. The molecule has 0 bridgehead atoms. The summed E-state index contributed by atoms with van der Waals surface area (Å²) >= 11 is 0. The third kappa shape index (κ3) is 25.9. The molecule has 352 valence electrons. The Balaban J connectivity index is -0.000000173. The summed E-state index contributed by atoms with van der Waals surface area (Å²) in [6, 6.07) is 6.94. The summed E-state index contributed by atoms with van der Waals surface area (Å²) < 4.78 is 33.8. The number of aromatic nitrogens is 1. The van der Waals surface area contributed by atoms with Crippen molar-refractivity contribution in [1.82, 2.24) is 19.9 Å². The zero-order valence-electron chi connectivity index (χ0n) is 38.2. The predicted molar refractivity (Wildman–Crippen MR) is 253 cm³/mol. The van der Waals surface area contributed by atoms with E-state index in [0.717, 1.165) is 43.2 Å². The molecule has 5 N–H and O–H groups in total. The average Bonchev–Trinajstić information content (AvgIpc) is 3.93. The summed E-state index contributed by atoms with van der Waals surface area (Å²) in [4.78, 5) is 60.4. The van der Waals surface area contributed by atoms with E-state index in [2.05, 4.69) is 36.3 Å². The molecule has 2 aliphatic rings. The Kier molecular flexibility index (Phi) is 32.3. The molecular formula is C45H87N5O9S. The molecule has 2 fully saturated rings. The lowest BCUT2D eigenvalue weighted by Gasteiger charge is -2.25. The standard InChI is InChI=1S/C18H32N2O2.C11H11NO2.C6H13NO2.C5H9NO3S.2C2H6.CH4.3H2/c1-4-6-7-9-14(3)12-15(5-2)13-17(21)20-11-8-10-16(20)18(19)22;1-2-14-9-3-4-10-8(7-9)5-6-12-11(10)13;1-6(2,3)9-5(8)7-4;1-4(7)6-10(8,9)5-2-3-5;2*1-2;;;;/h4,6,14-16H,5,7-13H2,1-3H3,(H2,19,22);3-7H,2H2,1H3,(H,12,13);1-4H3,(H,7,8);5H,2-3H2,1H3,(H,6,7);2*1-2H3;1H4;3*1H/b6-4-;;;;;;;;;/t14-,15+,16-;;;;;;;;;/m0........./s1. The Hall–Kier alpha value is -4.40. The first-order valence-electron chi connectivity index (χ1n) is 21.1. The Labute approximate surface area is 366 Å². The Morgan fingerprint density at radius 2 is 1.68 bits per heavy atom. The van der Waals surface area contributed by atoms with Crippen LogP contribution in [-0.4, -0.2) is 79.2 Å². The molecule has 1 aliphatic carbocycles. The fraction of sp³-hybridized carbons (Fsp3) is 0.667. The smallest absolute Gasteiger partial charge is 0.407 e. The van der Waals surface area contributed by atoms with Crippen molar-refractivity contribution in [2.24, 2.45) is 17.6 Å². The van der Waals surface area contributed by atoms with Crippen molar-refractivity contribution in [2.75, 3.05) is 20.2 Å². The van der Waals surface area contributed by atoms with Crippen molar-refractivity contribution in [3.63, 3.8) is 0 Å². The number of benzene rings is 1. The number of alkyl carbamates (subject to hydrolysis) is 1. The minimum absolute atomic E-state index is 0. The van der Waals surface area contributed by atoms with E-state index in [-0.39, 0.29) is 52.1 Å². The predicted octanol–water partition coefficient (Wildman–Crippen LogP) is 9.37. The van der Waals surface area contributed by atoms with Crippen LogP contribution in [0, 0.1) is 11.8 Å². The van der Waals surface area contributed by atoms with E-state index in [0.29, 0.717) is 49.6 Å². The van der Waals surface area contributed by atoms with Gasteiger partial charge in [0.05, 0.1) is 11.9 Å². The highest BCUT2D eigenvalue weighted by Gasteiger charge is 2.36. The molecule has 1 aromatic heterocycles. The molecule has 60 heavy (non-hydrogen) atoms. The van der Waals surface area contributed by atoms with E-state index in [1.807, 2.05) is 79.2 Å². The topological polar surface area (TPSA) is 207 Å². The number of hydrogen-bond donors (Lipinski definition) is 4. The van der Waals surface area contributed by atoms with E-state index < -0.39 is 15.9 Å². The van der Waals surface area contributed by atoms with E-state index >= 15 is 0 Å². The van der Waals surface area contributed by atoms with Gasteiger partial charge in [0.25, 0.3) is 5.56 Å². The lowest BCUT2D eigenvalue weighted by molar-refractivity contribution is -0.138. The van der Waals surface area contributed by atoms with Crippen LogP contribution in [-0.2, 0) is 29.1 Å². The first kappa shape index (κ1) is 59.9. The maximum atomic E-state index is 12.5. The van der Waals surface area contributed by atoms with Gasteiger partial charge in [-0.1, -0.05) is 67.5 Å². The van der Waals surface area contributed by atoms with Crippen LogP contribution in [0.15, 0.2) is 47.4 Å². The van der Waals surface area contributed by atoms with Crippen molar-refractivity contribution < 1.29 is 41.3 Å². The number of likely N-dealkylation sites (tertiary alicyclic amines) is 1. The third-order valence-corrected chi connectivity index (χ3v) is 10.6. The van der Waals surface area contributed by atoms with Gasteiger partial charge in [-0.2, -0.15) is 0 Å². The number of carbonyl (C=O) groups is 4. The van der Waals surface area contributed by atoms with Gasteiger partial charge in [-0.05, 0) is 121 Å². The number of allylic oxidation sites excluding steroid dienone is 2. The van der Waals surface area contributed by atoms with Crippen molar-refractivity contribution in [1.29, 1.82) is 0 Å². The second-order valence-corrected chi connectivity index (χ2v) is 16.7. The number of carbonyl (C=O) groups excluding carboxylic acids is 4. The number of nitrogens with two attached hydrogens (primary N) is 1. The molecule has 15 heteroatoms. The molecule has 1 aromatic carbocycles. The number of rotatable bonds is 13. The molecule has 4 rings (SSSR count). The van der Waals surface area contributed by atoms with Gasteiger partial charge in [0.2, 0.25) is 27.7 Å². The molecule has 1 aliphatic heterocycles. The lowest BCUT2D eigenvalue weighted by atomic mass is 9.88. The summed E-state index contributed by atoms with van der Waals surface area (Å²) in [5, 5.41) is 3.64. The number of fused-ring (bicyclic) bond motifs is 1. The second-order valence-electron chi connectivity index (χ2n) is 14.8. The molecule has 1 saturated carbocycles. The maximum Gasteiger partial charge on any atom is 0.407 e. The van der Waals surface area contributed by atoms with Gasteiger partial charge >= 0.3 is 6.09 Å². The van der Waals surface area contributed by atoms with Gasteiger partial charge in [0.15, 0.2) is 0 Å². The van der Waals surface area contributed by atoms with E-state index in [4.69, 9.17) is 15.2 Å². The molecule has 4 amide bonds. The Bertz CT molecular complexity index is 1730. The molecule has 14 nitrogen and oxygen atoms in total. The summed E-state index contributed by atoms with van der Waals surface area (Å²) in [7, 11) is -1.75. The number of sulfonamides is 1. The highest BCUT2D eigenvalue weighted by Crippen LogP contribution is 2.27. The van der Waals surface area contributed by atoms with Crippen molar-refractivity contribution in [2.45, 2.75) is 165 Å². The highest BCUT2D eigenvalue weighted by molar-refractivity contribution is 7.90. The average molecular weight is 874 g/mol. The molecular weight excluding hydrogens is 787 g/mol. The van der Waals surface area contributed by atoms with Gasteiger partial charge in [0, 0.05) is 42.8 Å². The lowest BCUT2D eigenvalue weighted by Crippen LogP contribution is -2.44. The summed E-state index contributed by atoms with van der Waals surface area (Å²) in [5.74, 6) is 1.06. The molecule has 0 radical (unpaired) electrons. The minimum atomic E-state index is -3.29. The molecule has 2 aromatic rings. The number of primary amides is 1. The normalized spacial score (nSPS) is 15.1. The number of aromatic amines is 1. The van der Waals surface area contributed by atoms with Crippen LogP contribution in [0.25, 0.3) is 10.8 Å². The number of H-pyrrole nitrogens is 1.